The molecule has 0 saturated carbocycles. The maximum absolute atomic E-state index is 11.5. The molecule has 2 heterocycles. The normalized spacial score (nSPS) is 10.6. The zero-order chi connectivity index (χ0) is 19.1. The Morgan fingerprint density at radius 2 is 1.50 bits per heavy atom. The zero-order valence-electron chi connectivity index (χ0n) is 13.0. The van der Waals surface area contributed by atoms with Crippen LogP contribution in [0, 0.1) is 0 Å². The molecule has 0 fully saturated rings. The molecule has 0 aliphatic rings. The van der Waals surface area contributed by atoms with Gasteiger partial charge in [-0.25, -0.2) is 19.2 Å². The summed E-state index contributed by atoms with van der Waals surface area (Å²) in [5.41, 5.74) is -2.73. The summed E-state index contributed by atoms with van der Waals surface area (Å²) in [6.07, 6.45) is 3.62. The van der Waals surface area contributed by atoms with Crippen molar-refractivity contribution in [1.29, 1.82) is 0 Å². The number of carbonyl (C=O) groups is 2. The van der Waals surface area contributed by atoms with Crippen LogP contribution in [0.15, 0.2) is 43.7 Å². The van der Waals surface area contributed by atoms with E-state index in [1.807, 2.05) is 9.97 Å². The number of aromatic amines is 4. The van der Waals surface area contributed by atoms with E-state index in [0.717, 1.165) is 18.3 Å². The van der Waals surface area contributed by atoms with Crippen LogP contribution < -0.4 is 27.2 Å². The summed E-state index contributed by atoms with van der Waals surface area (Å²) in [6, 6.07) is 0. The lowest BCUT2D eigenvalue weighted by Gasteiger charge is -2.01. The first-order chi connectivity index (χ1) is 12.3. The highest BCUT2D eigenvalue weighted by Crippen LogP contribution is 1.97. The van der Waals surface area contributed by atoms with Crippen LogP contribution in [-0.2, 0) is 20.7 Å². The van der Waals surface area contributed by atoms with Crippen LogP contribution in [0.5, 0.6) is 5.75 Å². The van der Waals surface area contributed by atoms with Crippen molar-refractivity contribution in [3.05, 3.63) is 71.8 Å². The van der Waals surface area contributed by atoms with Crippen molar-refractivity contribution in [3.8, 4) is 5.75 Å². The molecule has 12 heteroatoms. The molecule has 0 aliphatic heterocycles. The van der Waals surface area contributed by atoms with Crippen LogP contribution >= 0.6 is 0 Å². The summed E-state index contributed by atoms with van der Waals surface area (Å²) >= 11 is 0. The Bertz CT molecular complexity index is 1070. The Morgan fingerprint density at radius 3 is 2.15 bits per heavy atom. The SMILES string of the molecule is O=C(/C=C/C(=O)Oc1c[nH]c(=O)[nH]c1=O)OCCc1c[nH]c(=O)[nH]c1=O. The first-order valence-electron chi connectivity index (χ1n) is 7.04. The van der Waals surface area contributed by atoms with Gasteiger partial charge in [0.05, 0.1) is 12.8 Å². The van der Waals surface area contributed by atoms with Crippen molar-refractivity contribution in [3.63, 3.8) is 0 Å². The quantitative estimate of drug-likeness (QED) is 0.325. The van der Waals surface area contributed by atoms with E-state index < -0.39 is 40.2 Å². The molecule has 2 rings (SSSR count). The third-order valence-corrected chi connectivity index (χ3v) is 2.86. The number of nitrogens with one attached hydrogen (secondary N) is 4. The first kappa shape index (κ1) is 18.4. The number of carbonyl (C=O) groups excluding carboxylic acids is 2. The minimum Gasteiger partial charge on any atom is -0.462 e. The van der Waals surface area contributed by atoms with Crippen molar-refractivity contribution in [2.45, 2.75) is 6.42 Å². The van der Waals surface area contributed by atoms with Crippen molar-refractivity contribution < 1.29 is 19.1 Å². The molecule has 4 N–H and O–H groups in total. The van der Waals surface area contributed by atoms with Crippen molar-refractivity contribution >= 4 is 11.9 Å². The molecule has 0 amide bonds. The Morgan fingerprint density at radius 1 is 0.885 bits per heavy atom. The zero-order valence-corrected chi connectivity index (χ0v) is 13.0. The predicted molar refractivity (Wildman–Crippen MR) is 84.8 cm³/mol. The summed E-state index contributed by atoms with van der Waals surface area (Å²) in [5.74, 6) is -2.39. The maximum atomic E-state index is 11.5. The minimum atomic E-state index is -1.04. The van der Waals surface area contributed by atoms with Crippen LogP contribution in [0.4, 0.5) is 0 Å². The van der Waals surface area contributed by atoms with Gasteiger partial charge >= 0.3 is 23.3 Å². The van der Waals surface area contributed by atoms with Gasteiger partial charge in [0.15, 0.2) is 0 Å². The highest BCUT2D eigenvalue weighted by molar-refractivity contribution is 5.92. The third-order valence-electron chi connectivity index (χ3n) is 2.86. The number of hydrogen-bond acceptors (Lipinski definition) is 8. The van der Waals surface area contributed by atoms with Gasteiger partial charge in [-0.1, -0.05) is 0 Å². The molecule has 0 spiro atoms. The van der Waals surface area contributed by atoms with Crippen LogP contribution in [0.2, 0.25) is 0 Å². The molecule has 26 heavy (non-hydrogen) atoms. The van der Waals surface area contributed by atoms with Gasteiger partial charge in [0.25, 0.3) is 11.1 Å². The average Bonchev–Trinajstić information content (AvgIpc) is 2.57. The highest BCUT2D eigenvalue weighted by atomic mass is 16.5. The van der Waals surface area contributed by atoms with Crippen LogP contribution in [-0.4, -0.2) is 38.5 Å². The summed E-state index contributed by atoms with van der Waals surface area (Å²) < 4.78 is 9.40. The molecular weight excluding hydrogens is 352 g/mol. The molecule has 0 bridgehead atoms. The molecule has 0 aromatic carbocycles. The monoisotopic (exact) mass is 364 g/mol. The fourth-order valence-electron chi connectivity index (χ4n) is 1.68. The molecule has 12 nitrogen and oxygen atoms in total. The Labute approximate surface area is 142 Å². The fraction of sp³-hybridized carbons (Fsp3) is 0.143. The van der Waals surface area contributed by atoms with E-state index in [-0.39, 0.29) is 18.6 Å². The molecule has 0 aliphatic carbocycles. The second kappa shape index (κ2) is 8.23. The van der Waals surface area contributed by atoms with Crippen LogP contribution in [0.25, 0.3) is 0 Å². The fourth-order valence-corrected chi connectivity index (χ4v) is 1.68. The predicted octanol–water partition coefficient (Wildman–Crippen LogP) is -2.31. The number of esters is 2. The lowest BCUT2D eigenvalue weighted by atomic mass is 10.2. The number of rotatable bonds is 6. The Balaban J connectivity index is 1.83. The topological polar surface area (TPSA) is 184 Å². The van der Waals surface area contributed by atoms with E-state index in [1.54, 1.807) is 0 Å². The van der Waals surface area contributed by atoms with Gasteiger partial charge in [-0.05, 0) is 0 Å². The summed E-state index contributed by atoms with van der Waals surface area (Å²) in [6.45, 7) is -0.174. The van der Waals surface area contributed by atoms with Crippen molar-refractivity contribution in [2.24, 2.45) is 0 Å². The molecule has 0 saturated heterocycles. The highest BCUT2D eigenvalue weighted by Gasteiger charge is 2.07. The largest absolute Gasteiger partial charge is 0.462 e. The molecule has 0 unspecified atom stereocenters. The molecule has 0 atom stereocenters. The lowest BCUT2D eigenvalue weighted by molar-refractivity contribution is -0.138. The molecule has 2 aromatic rings. The average molecular weight is 364 g/mol. The molecule has 2 aromatic heterocycles. The van der Waals surface area contributed by atoms with E-state index in [0.29, 0.717) is 0 Å². The second-order valence-corrected chi connectivity index (χ2v) is 4.71. The smallest absolute Gasteiger partial charge is 0.336 e. The van der Waals surface area contributed by atoms with Gasteiger partial charge in [0.1, 0.15) is 0 Å². The van der Waals surface area contributed by atoms with Gasteiger partial charge in [-0.3, -0.25) is 19.6 Å². The molecule has 136 valence electrons. The standard InChI is InChI=1S/C14H12N4O8/c19-9(25-4-3-7-5-15-13(23)17-11(7)21)1-2-10(20)26-8-6-16-14(24)18-12(8)22/h1-2,5-6H,3-4H2,(H2,15,17,21,23)(H2,16,18,22,24)/b2-1+. The van der Waals surface area contributed by atoms with Gasteiger partial charge in [0, 0.05) is 30.3 Å². The number of hydrogen-bond donors (Lipinski definition) is 4. The van der Waals surface area contributed by atoms with Gasteiger partial charge in [-0.15, -0.1) is 0 Å². The van der Waals surface area contributed by atoms with E-state index in [9.17, 15) is 28.8 Å². The van der Waals surface area contributed by atoms with E-state index in [1.165, 1.54) is 6.20 Å². The molecule has 0 radical (unpaired) electrons. The Hall–Kier alpha value is -3.96. The maximum Gasteiger partial charge on any atom is 0.336 e. The first-order valence-corrected chi connectivity index (χ1v) is 7.04. The summed E-state index contributed by atoms with van der Waals surface area (Å²) in [5, 5.41) is 0. The van der Waals surface area contributed by atoms with Gasteiger partial charge < -0.3 is 19.4 Å². The van der Waals surface area contributed by atoms with Crippen molar-refractivity contribution in [1.82, 2.24) is 19.9 Å². The lowest BCUT2D eigenvalue weighted by Crippen LogP contribution is -2.25. The number of H-pyrrole nitrogens is 4. The summed E-state index contributed by atoms with van der Waals surface area (Å²) in [4.78, 5) is 75.6. The van der Waals surface area contributed by atoms with E-state index in [4.69, 9.17) is 4.74 Å². The second-order valence-electron chi connectivity index (χ2n) is 4.71. The van der Waals surface area contributed by atoms with E-state index in [2.05, 4.69) is 14.7 Å². The van der Waals surface area contributed by atoms with E-state index >= 15 is 0 Å². The number of ether oxygens (including phenoxy) is 2. The van der Waals surface area contributed by atoms with Gasteiger partial charge in [0.2, 0.25) is 5.75 Å². The third kappa shape index (κ3) is 5.30. The van der Waals surface area contributed by atoms with Crippen LogP contribution in [0.1, 0.15) is 5.56 Å². The summed E-state index contributed by atoms with van der Waals surface area (Å²) in [7, 11) is 0. The van der Waals surface area contributed by atoms with Crippen molar-refractivity contribution in [2.75, 3.05) is 6.61 Å². The van der Waals surface area contributed by atoms with Gasteiger partial charge in [-0.2, -0.15) is 0 Å². The Kier molecular flexibility index (Phi) is 5.82. The number of aromatic nitrogens is 4. The van der Waals surface area contributed by atoms with Crippen LogP contribution in [0.3, 0.4) is 0 Å². The molecular formula is C14H12N4O8. The minimum absolute atomic E-state index is 0.0445.